The standard InChI is InChI=1S/C10H23N3O/c1-5-11-10(12-6-2)13-7-8-14-9(3)4/h9H,5-8H2,1-4H3,(H2,11,12,13). The minimum atomic E-state index is 0.284. The second kappa shape index (κ2) is 8.81. The van der Waals surface area contributed by atoms with E-state index in [0.717, 1.165) is 19.0 Å². The minimum Gasteiger partial charge on any atom is -0.377 e. The van der Waals surface area contributed by atoms with E-state index in [1.54, 1.807) is 0 Å². The summed E-state index contributed by atoms with van der Waals surface area (Å²) in [5, 5.41) is 6.31. The summed E-state index contributed by atoms with van der Waals surface area (Å²) in [5.41, 5.74) is 0. The molecule has 0 saturated heterocycles. The van der Waals surface area contributed by atoms with Gasteiger partial charge in [-0.15, -0.1) is 0 Å². The molecule has 0 aliphatic carbocycles. The molecule has 0 spiro atoms. The van der Waals surface area contributed by atoms with Crippen LogP contribution in [0, 0.1) is 0 Å². The Bertz CT molecular complexity index is 149. The molecule has 0 rings (SSSR count). The SMILES string of the molecule is CCNC(=NCCOC(C)C)NCC. The predicted octanol–water partition coefficient (Wildman–Crippen LogP) is 0.986. The second-order valence-electron chi connectivity index (χ2n) is 3.21. The van der Waals surface area contributed by atoms with E-state index >= 15 is 0 Å². The fraction of sp³-hybridized carbons (Fsp3) is 0.900. The van der Waals surface area contributed by atoms with Gasteiger partial charge in [0.2, 0.25) is 0 Å². The first-order valence-corrected chi connectivity index (χ1v) is 5.34. The van der Waals surface area contributed by atoms with Crippen molar-refractivity contribution >= 4 is 5.96 Å². The van der Waals surface area contributed by atoms with Crippen molar-refractivity contribution in [3.63, 3.8) is 0 Å². The predicted molar refractivity (Wildman–Crippen MR) is 60.7 cm³/mol. The largest absolute Gasteiger partial charge is 0.377 e. The fourth-order valence-corrected chi connectivity index (χ4v) is 0.955. The summed E-state index contributed by atoms with van der Waals surface area (Å²) >= 11 is 0. The zero-order chi connectivity index (χ0) is 10.8. The molecule has 0 aromatic heterocycles. The Kier molecular flexibility index (Phi) is 8.33. The van der Waals surface area contributed by atoms with Gasteiger partial charge in [-0.1, -0.05) is 0 Å². The van der Waals surface area contributed by atoms with Crippen molar-refractivity contribution < 1.29 is 4.74 Å². The van der Waals surface area contributed by atoms with Crippen molar-refractivity contribution in [3.05, 3.63) is 0 Å². The van der Waals surface area contributed by atoms with E-state index in [1.807, 2.05) is 13.8 Å². The zero-order valence-corrected chi connectivity index (χ0v) is 9.76. The van der Waals surface area contributed by atoms with Gasteiger partial charge >= 0.3 is 0 Å². The van der Waals surface area contributed by atoms with Gasteiger partial charge in [0.05, 0.1) is 19.3 Å². The number of guanidine groups is 1. The van der Waals surface area contributed by atoms with E-state index in [2.05, 4.69) is 29.5 Å². The molecule has 0 heterocycles. The molecule has 4 heteroatoms. The van der Waals surface area contributed by atoms with Gasteiger partial charge in [0.15, 0.2) is 5.96 Å². The van der Waals surface area contributed by atoms with Gasteiger partial charge in [0.1, 0.15) is 0 Å². The Morgan fingerprint density at radius 1 is 1.21 bits per heavy atom. The van der Waals surface area contributed by atoms with Crippen LogP contribution in [0.15, 0.2) is 4.99 Å². The molecule has 0 aliphatic heterocycles. The zero-order valence-electron chi connectivity index (χ0n) is 9.76. The molecular formula is C10H23N3O. The molecule has 0 saturated carbocycles. The normalized spacial score (nSPS) is 10.1. The van der Waals surface area contributed by atoms with Crippen LogP contribution in [-0.4, -0.2) is 38.3 Å². The van der Waals surface area contributed by atoms with Crippen LogP contribution in [-0.2, 0) is 4.74 Å². The van der Waals surface area contributed by atoms with Gasteiger partial charge in [-0.3, -0.25) is 4.99 Å². The number of hydrogen-bond donors (Lipinski definition) is 2. The molecule has 0 atom stereocenters. The van der Waals surface area contributed by atoms with Gasteiger partial charge in [-0.25, -0.2) is 0 Å². The summed E-state index contributed by atoms with van der Waals surface area (Å²) in [5.74, 6) is 0.863. The number of nitrogens with one attached hydrogen (secondary N) is 2. The van der Waals surface area contributed by atoms with Gasteiger partial charge in [-0.05, 0) is 27.7 Å². The van der Waals surface area contributed by atoms with Crippen molar-refractivity contribution in [1.29, 1.82) is 0 Å². The van der Waals surface area contributed by atoms with Crippen molar-refractivity contribution in [3.8, 4) is 0 Å². The molecule has 14 heavy (non-hydrogen) atoms. The third kappa shape index (κ3) is 7.86. The van der Waals surface area contributed by atoms with E-state index in [-0.39, 0.29) is 6.10 Å². The van der Waals surface area contributed by atoms with Crippen LogP contribution in [0.3, 0.4) is 0 Å². The number of nitrogens with zero attached hydrogens (tertiary/aromatic N) is 1. The Morgan fingerprint density at radius 2 is 1.79 bits per heavy atom. The third-order valence-corrected chi connectivity index (χ3v) is 1.50. The van der Waals surface area contributed by atoms with Gasteiger partial charge in [-0.2, -0.15) is 0 Å². The first kappa shape index (κ1) is 13.2. The van der Waals surface area contributed by atoms with Crippen molar-refractivity contribution in [2.45, 2.75) is 33.8 Å². The van der Waals surface area contributed by atoms with Crippen LogP contribution < -0.4 is 10.6 Å². The monoisotopic (exact) mass is 201 g/mol. The van der Waals surface area contributed by atoms with Crippen LogP contribution in [0.2, 0.25) is 0 Å². The molecule has 0 aromatic carbocycles. The average Bonchev–Trinajstić information content (AvgIpc) is 2.12. The van der Waals surface area contributed by atoms with Crippen LogP contribution in [0.5, 0.6) is 0 Å². The number of hydrogen-bond acceptors (Lipinski definition) is 2. The molecule has 0 bridgehead atoms. The molecule has 0 aliphatic rings. The van der Waals surface area contributed by atoms with Crippen LogP contribution in [0.25, 0.3) is 0 Å². The van der Waals surface area contributed by atoms with E-state index in [1.165, 1.54) is 0 Å². The summed E-state index contributed by atoms with van der Waals surface area (Å²) in [7, 11) is 0. The Labute approximate surface area is 87.1 Å². The second-order valence-corrected chi connectivity index (χ2v) is 3.21. The Morgan fingerprint density at radius 3 is 2.21 bits per heavy atom. The maximum Gasteiger partial charge on any atom is 0.191 e. The number of rotatable bonds is 6. The lowest BCUT2D eigenvalue weighted by Gasteiger charge is -2.09. The van der Waals surface area contributed by atoms with Gasteiger partial charge < -0.3 is 15.4 Å². The minimum absolute atomic E-state index is 0.284. The van der Waals surface area contributed by atoms with Gasteiger partial charge in [0, 0.05) is 13.1 Å². The van der Waals surface area contributed by atoms with Crippen LogP contribution in [0.1, 0.15) is 27.7 Å². The molecule has 0 unspecified atom stereocenters. The topological polar surface area (TPSA) is 45.7 Å². The van der Waals surface area contributed by atoms with E-state index in [4.69, 9.17) is 4.74 Å². The maximum atomic E-state index is 5.39. The first-order chi connectivity index (χ1) is 6.70. The number of ether oxygens (including phenoxy) is 1. The fourth-order valence-electron chi connectivity index (χ4n) is 0.955. The van der Waals surface area contributed by atoms with Crippen molar-refractivity contribution in [2.24, 2.45) is 4.99 Å². The van der Waals surface area contributed by atoms with E-state index in [9.17, 15) is 0 Å². The maximum absolute atomic E-state index is 5.39. The Balaban J connectivity index is 3.66. The summed E-state index contributed by atoms with van der Waals surface area (Å²) in [6.45, 7) is 11.3. The lowest BCUT2D eigenvalue weighted by molar-refractivity contribution is 0.0853. The quantitative estimate of drug-likeness (QED) is 0.383. The highest BCUT2D eigenvalue weighted by Crippen LogP contribution is 1.86. The summed E-state index contributed by atoms with van der Waals surface area (Å²) < 4.78 is 5.39. The molecule has 0 amide bonds. The van der Waals surface area contributed by atoms with Crippen molar-refractivity contribution in [2.75, 3.05) is 26.2 Å². The van der Waals surface area contributed by atoms with Gasteiger partial charge in [0.25, 0.3) is 0 Å². The first-order valence-electron chi connectivity index (χ1n) is 5.34. The molecule has 0 radical (unpaired) electrons. The summed E-state index contributed by atoms with van der Waals surface area (Å²) in [6, 6.07) is 0. The smallest absolute Gasteiger partial charge is 0.191 e. The molecule has 0 aromatic rings. The number of aliphatic imine (C=N–C) groups is 1. The third-order valence-electron chi connectivity index (χ3n) is 1.50. The lowest BCUT2D eigenvalue weighted by atomic mass is 10.5. The van der Waals surface area contributed by atoms with E-state index in [0.29, 0.717) is 13.2 Å². The average molecular weight is 201 g/mol. The highest BCUT2D eigenvalue weighted by atomic mass is 16.5. The van der Waals surface area contributed by atoms with Crippen molar-refractivity contribution in [1.82, 2.24) is 10.6 Å². The summed E-state index contributed by atoms with van der Waals surface area (Å²) in [4.78, 5) is 4.34. The lowest BCUT2D eigenvalue weighted by Crippen LogP contribution is -2.37. The van der Waals surface area contributed by atoms with E-state index < -0.39 is 0 Å². The molecule has 2 N–H and O–H groups in total. The molecule has 0 fully saturated rings. The summed E-state index contributed by atoms with van der Waals surface area (Å²) in [6.07, 6.45) is 0.284. The van der Waals surface area contributed by atoms with Crippen LogP contribution >= 0.6 is 0 Å². The van der Waals surface area contributed by atoms with Crippen LogP contribution in [0.4, 0.5) is 0 Å². The highest BCUT2D eigenvalue weighted by Gasteiger charge is 1.94. The Hall–Kier alpha value is -0.770. The molecule has 4 nitrogen and oxygen atoms in total. The molecular weight excluding hydrogens is 178 g/mol. The molecule has 84 valence electrons. The highest BCUT2D eigenvalue weighted by molar-refractivity contribution is 5.79.